The molecular weight excluding hydrogens is 215 g/mol. The minimum atomic E-state index is -0.183. The molecule has 0 aromatic heterocycles. The van der Waals surface area contributed by atoms with Gasteiger partial charge in [-0.1, -0.05) is 26.8 Å². The Balaban J connectivity index is 2.77. The number of rotatable bonds is 4. The van der Waals surface area contributed by atoms with Gasteiger partial charge in [0.15, 0.2) is 0 Å². The standard InChI is InChI=1S/C14H23FN2/c1-10-5-6-12(15)7-11(10)8-13(17-16)9-14(2,3)4/h5-7,13,17H,8-9,16H2,1-4H3. The molecule has 0 spiro atoms. The fraction of sp³-hybridized carbons (Fsp3) is 0.571. The smallest absolute Gasteiger partial charge is 0.123 e. The Bertz CT molecular complexity index is 369. The van der Waals surface area contributed by atoms with Crippen molar-refractivity contribution in [2.75, 3.05) is 0 Å². The van der Waals surface area contributed by atoms with E-state index in [-0.39, 0.29) is 17.3 Å². The third-order valence-corrected chi connectivity index (χ3v) is 2.87. The number of aryl methyl sites for hydroxylation is 1. The second-order valence-electron chi connectivity index (χ2n) is 5.90. The maximum atomic E-state index is 13.2. The maximum Gasteiger partial charge on any atom is 0.123 e. The first-order valence-electron chi connectivity index (χ1n) is 6.03. The van der Waals surface area contributed by atoms with Crippen LogP contribution in [0.4, 0.5) is 4.39 Å². The van der Waals surface area contributed by atoms with E-state index in [1.807, 2.05) is 13.0 Å². The van der Waals surface area contributed by atoms with Crippen LogP contribution in [0, 0.1) is 18.2 Å². The minimum absolute atomic E-state index is 0.176. The van der Waals surface area contributed by atoms with Gasteiger partial charge in [-0.2, -0.15) is 0 Å². The number of nitrogens with two attached hydrogens (primary N) is 1. The number of halogens is 1. The predicted octanol–water partition coefficient (Wildman–Crippen LogP) is 2.94. The van der Waals surface area contributed by atoms with Crippen molar-refractivity contribution in [3.05, 3.63) is 35.1 Å². The van der Waals surface area contributed by atoms with Gasteiger partial charge in [0.2, 0.25) is 0 Å². The summed E-state index contributed by atoms with van der Waals surface area (Å²) in [6.45, 7) is 8.53. The summed E-state index contributed by atoms with van der Waals surface area (Å²) in [5, 5.41) is 0. The van der Waals surface area contributed by atoms with Crippen LogP contribution in [0.3, 0.4) is 0 Å². The summed E-state index contributed by atoms with van der Waals surface area (Å²) in [5.74, 6) is 5.39. The van der Waals surface area contributed by atoms with Crippen LogP contribution in [0.1, 0.15) is 38.3 Å². The molecule has 1 unspecified atom stereocenters. The Morgan fingerprint density at radius 2 is 2.00 bits per heavy atom. The van der Waals surface area contributed by atoms with E-state index in [2.05, 4.69) is 26.2 Å². The van der Waals surface area contributed by atoms with Crippen LogP contribution in [0.5, 0.6) is 0 Å². The number of hydrogen-bond acceptors (Lipinski definition) is 2. The first kappa shape index (κ1) is 14.1. The van der Waals surface area contributed by atoms with Crippen molar-refractivity contribution in [3.8, 4) is 0 Å². The Kier molecular flexibility index (Phi) is 4.66. The minimum Gasteiger partial charge on any atom is -0.271 e. The molecule has 1 atom stereocenters. The number of nitrogens with one attached hydrogen (secondary N) is 1. The molecule has 0 aliphatic carbocycles. The third kappa shape index (κ3) is 4.84. The Morgan fingerprint density at radius 3 is 2.53 bits per heavy atom. The lowest BCUT2D eigenvalue weighted by Crippen LogP contribution is -2.39. The molecule has 17 heavy (non-hydrogen) atoms. The van der Waals surface area contributed by atoms with Crippen molar-refractivity contribution in [2.24, 2.45) is 11.3 Å². The molecule has 3 heteroatoms. The van der Waals surface area contributed by atoms with Gasteiger partial charge >= 0.3 is 0 Å². The van der Waals surface area contributed by atoms with E-state index in [0.717, 1.165) is 24.0 Å². The van der Waals surface area contributed by atoms with Gasteiger partial charge in [-0.3, -0.25) is 11.3 Å². The van der Waals surface area contributed by atoms with Crippen LogP contribution < -0.4 is 11.3 Å². The van der Waals surface area contributed by atoms with Crippen molar-refractivity contribution in [1.29, 1.82) is 0 Å². The van der Waals surface area contributed by atoms with Crippen molar-refractivity contribution >= 4 is 0 Å². The molecule has 1 rings (SSSR count). The van der Waals surface area contributed by atoms with Crippen molar-refractivity contribution in [2.45, 2.75) is 46.6 Å². The monoisotopic (exact) mass is 238 g/mol. The van der Waals surface area contributed by atoms with E-state index >= 15 is 0 Å². The summed E-state index contributed by atoms with van der Waals surface area (Å²) in [6.07, 6.45) is 1.72. The summed E-state index contributed by atoms with van der Waals surface area (Å²) in [4.78, 5) is 0. The van der Waals surface area contributed by atoms with E-state index < -0.39 is 0 Å². The summed E-state index contributed by atoms with van der Waals surface area (Å²) >= 11 is 0. The molecule has 0 fully saturated rings. The predicted molar refractivity (Wildman–Crippen MR) is 70.0 cm³/mol. The molecule has 96 valence electrons. The molecule has 0 heterocycles. The SMILES string of the molecule is Cc1ccc(F)cc1CC(CC(C)(C)C)NN. The highest BCUT2D eigenvalue weighted by atomic mass is 19.1. The van der Waals surface area contributed by atoms with Gasteiger partial charge < -0.3 is 0 Å². The quantitative estimate of drug-likeness (QED) is 0.625. The first-order chi connectivity index (χ1) is 7.81. The lowest BCUT2D eigenvalue weighted by atomic mass is 9.85. The third-order valence-electron chi connectivity index (χ3n) is 2.87. The van der Waals surface area contributed by atoms with Gasteiger partial charge in [0.1, 0.15) is 5.82 Å². The largest absolute Gasteiger partial charge is 0.271 e. The number of hydrazine groups is 1. The van der Waals surface area contributed by atoms with Gasteiger partial charge in [-0.25, -0.2) is 4.39 Å². The molecule has 1 aromatic rings. The Labute approximate surface area is 103 Å². The van der Waals surface area contributed by atoms with Crippen LogP contribution in [-0.2, 0) is 6.42 Å². The van der Waals surface area contributed by atoms with E-state index in [1.165, 1.54) is 6.07 Å². The molecule has 0 bridgehead atoms. The lowest BCUT2D eigenvalue weighted by Gasteiger charge is -2.26. The van der Waals surface area contributed by atoms with E-state index in [4.69, 9.17) is 5.84 Å². The van der Waals surface area contributed by atoms with Gasteiger partial charge in [0.05, 0.1) is 0 Å². The van der Waals surface area contributed by atoms with Crippen LogP contribution in [0.15, 0.2) is 18.2 Å². The number of benzene rings is 1. The zero-order chi connectivity index (χ0) is 13.1. The van der Waals surface area contributed by atoms with Crippen molar-refractivity contribution in [3.63, 3.8) is 0 Å². The molecule has 0 saturated carbocycles. The highest BCUT2D eigenvalue weighted by molar-refractivity contribution is 5.27. The van der Waals surface area contributed by atoms with E-state index in [1.54, 1.807) is 6.07 Å². The van der Waals surface area contributed by atoms with Crippen LogP contribution in [0.2, 0.25) is 0 Å². The summed E-state index contributed by atoms with van der Waals surface area (Å²) in [7, 11) is 0. The molecule has 0 saturated heterocycles. The molecule has 0 radical (unpaired) electrons. The van der Waals surface area contributed by atoms with Gasteiger partial charge in [-0.15, -0.1) is 0 Å². The molecule has 0 aliphatic heterocycles. The van der Waals surface area contributed by atoms with Crippen LogP contribution >= 0.6 is 0 Å². The highest BCUT2D eigenvalue weighted by Gasteiger charge is 2.18. The maximum absolute atomic E-state index is 13.2. The molecule has 2 nitrogen and oxygen atoms in total. The molecule has 0 amide bonds. The van der Waals surface area contributed by atoms with Crippen molar-refractivity contribution in [1.82, 2.24) is 5.43 Å². The fourth-order valence-electron chi connectivity index (χ4n) is 2.05. The Morgan fingerprint density at radius 1 is 1.35 bits per heavy atom. The van der Waals surface area contributed by atoms with Gasteiger partial charge in [0.25, 0.3) is 0 Å². The van der Waals surface area contributed by atoms with Crippen LogP contribution in [-0.4, -0.2) is 6.04 Å². The van der Waals surface area contributed by atoms with Crippen molar-refractivity contribution < 1.29 is 4.39 Å². The summed E-state index contributed by atoms with van der Waals surface area (Å²) < 4.78 is 13.2. The second-order valence-corrected chi connectivity index (χ2v) is 5.90. The summed E-state index contributed by atoms with van der Waals surface area (Å²) in [5.41, 5.74) is 5.17. The fourth-order valence-corrected chi connectivity index (χ4v) is 2.05. The van der Waals surface area contributed by atoms with Gasteiger partial charge in [0, 0.05) is 6.04 Å². The topological polar surface area (TPSA) is 38.0 Å². The van der Waals surface area contributed by atoms with Gasteiger partial charge in [-0.05, 0) is 48.4 Å². The van der Waals surface area contributed by atoms with Crippen LogP contribution in [0.25, 0.3) is 0 Å². The molecular formula is C14H23FN2. The zero-order valence-electron chi connectivity index (χ0n) is 11.2. The molecule has 3 N–H and O–H groups in total. The normalized spacial score (nSPS) is 13.8. The number of hydrogen-bond donors (Lipinski definition) is 2. The zero-order valence-corrected chi connectivity index (χ0v) is 11.2. The Hall–Kier alpha value is -0.930. The van der Waals surface area contributed by atoms with E-state index in [0.29, 0.717) is 0 Å². The van der Waals surface area contributed by atoms with E-state index in [9.17, 15) is 4.39 Å². The average Bonchev–Trinajstić information content (AvgIpc) is 2.20. The first-order valence-corrected chi connectivity index (χ1v) is 6.03. The average molecular weight is 238 g/mol. The molecule has 1 aromatic carbocycles. The lowest BCUT2D eigenvalue weighted by molar-refractivity contribution is 0.308. The second kappa shape index (κ2) is 5.61. The highest BCUT2D eigenvalue weighted by Crippen LogP contribution is 2.23. The summed E-state index contributed by atoms with van der Waals surface area (Å²) in [6, 6.07) is 5.08. The molecule has 0 aliphatic rings.